The van der Waals surface area contributed by atoms with Crippen LogP contribution in [-0.2, 0) is 4.79 Å². The summed E-state index contributed by atoms with van der Waals surface area (Å²) in [5, 5.41) is 5.69. The Morgan fingerprint density at radius 2 is 2.12 bits per heavy atom. The Bertz CT molecular complexity index is 360. The molecule has 1 aromatic rings. The molecule has 1 rings (SSSR count). The Labute approximate surface area is 95.2 Å². The number of anilines is 1. The van der Waals surface area contributed by atoms with Crippen LogP contribution in [0.1, 0.15) is 13.8 Å². The Morgan fingerprint density at radius 3 is 2.56 bits per heavy atom. The number of aromatic nitrogens is 1. The van der Waals surface area contributed by atoms with Crippen LogP contribution in [0.4, 0.5) is 5.69 Å². The highest BCUT2D eigenvalue weighted by Gasteiger charge is 2.25. The maximum atomic E-state index is 11.8. The average molecular weight is 223 g/mol. The van der Waals surface area contributed by atoms with Crippen LogP contribution >= 0.6 is 0 Å². The number of methoxy groups -OCH3 is 1. The average Bonchev–Trinajstić information content (AvgIpc) is 2.30. The molecule has 0 spiro atoms. The molecule has 0 unspecified atom stereocenters. The SMILES string of the molecule is CNC(C)(C)C(=O)Nc1ccc(OC)nc1. The first-order valence-electron chi connectivity index (χ1n) is 5.00. The molecule has 0 aliphatic rings. The van der Waals surface area contributed by atoms with Crippen molar-refractivity contribution in [3.05, 3.63) is 18.3 Å². The van der Waals surface area contributed by atoms with E-state index in [1.165, 1.54) is 0 Å². The minimum atomic E-state index is -0.611. The predicted octanol–water partition coefficient (Wildman–Crippen LogP) is 1.03. The summed E-state index contributed by atoms with van der Waals surface area (Å²) in [5.41, 5.74) is 0.0362. The Kier molecular flexibility index (Phi) is 3.84. The molecule has 0 bridgehead atoms. The summed E-state index contributed by atoms with van der Waals surface area (Å²) < 4.78 is 4.93. The number of carbonyl (C=O) groups is 1. The minimum Gasteiger partial charge on any atom is -0.481 e. The third kappa shape index (κ3) is 2.93. The van der Waals surface area contributed by atoms with Crippen LogP contribution in [0.5, 0.6) is 5.88 Å². The van der Waals surface area contributed by atoms with E-state index < -0.39 is 5.54 Å². The van der Waals surface area contributed by atoms with E-state index in [1.54, 1.807) is 46.3 Å². The number of amides is 1. The maximum Gasteiger partial charge on any atom is 0.244 e. The van der Waals surface area contributed by atoms with E-state index in [2.05, 4.69) is 15.6 Å². The van der Waals surface area contributed by atoms with Gasteiger partial charge in [-0.05, 0) is 27.0 Å². The molecule has 0 atom stereocenters. The molecule has 16 heavy (non-hydrogen) atoms. The van der Waals surface area contributed by atoms with Crippen LogP contribution in [0.2, 0.25) is 0 Å². The van der Waals surface area contributed by atoms with Gasteiger partial charge in [-0.15, -0.1) is 0 Å². The number of nitrogens with zero attached hydrogens (tertiary/aromatic N) is 1. The summed E-state index contributed by atoms with van der Waals surface area (Å²) in [6, 6.07) is 3.44. The fourth-order valence-corrected chi connectivity index (χ4v) is 0.976. The monoisotopic (exact) mass is 223 g/mol. The second-order valence-electron chi connectivity index (χ2n) is 3.92. The van der Waals surface area contributed by atoms with Crippen LogP contribution in [0, 0.1) is 0 Å². The molecule has 0 saturated carbocycles. The molecule has 0 saturated heterocycles. The Balaban J connectivity index is 2.70. The number of pyridine rings is 1. The van der Waals surface area contributed by atoms with Crippen molar-refractivity contribution >= 4 is 11.6 Å². The van der Waals surface area contributed by atoms with Gasteiger partial charge in [0, 0.05) is 6.07 Å². The Morgan fingerprint density at radius 1 is 1.44 bits per heavy atom. The van der Waals surface area contributed by atoms with E-state index in [4.69, 9.17) is 4.74 Å². The van der Waals surface area contributed by atoms with Crippen molar-refractivity contribution < 1.29 is 9.53 Å². The van der Waals surface area contributed by atoms with Crippen molar-refractivity contribution in [3.8, 4) is 5.88 Å². The predicted molar refractivity (Wildman–Crippen MR) is 62.6 cm³/mol. The van der Waals surface area contributed by atoms with E-state index >= 15 is 0 Å². The molecular weight excluding hydrogens is 206 g/mol. The van der Waals surface area contributed by atoms with Crippen molar-refractivity contribution in [2.45, 2.75) is 19.4 Å². The smallest absolute Gasteiger partial charge is 0.244 e. The van der Waals surface area contributed by atoms with E-state index in [0.29, 0.717) is 11.6 Å². The molecule has 0 aromatic carbocycles. The highest BCUT2D eigenvalue weighted by atomic mass is 16.5. The van der Waals surface area contributed by atoms with E-state index in [1.807, 2.05) is 0 Å². The van der Waals surface area contributed by atoms with Gasteiger partial charge in [-0.25, -0.2) is 4.98 Å². The lowest BCUT2D eigenvalue weighted by molar-refractivity contribution is -0.121. The molecule has 0 aliphatic heterocycles. The second-order valence-corrected chi connectivity index (χ2v) is 3.92. The van der Waals surface area contributed by atoms with Crippen LogP contribution in [0.25, 0.3) is 0 Å². The van der Waals surface area contributed by atoms with Crippen molar-refractivity contribution in [2.24, 2.45) is 0 Å². The summed E-state index contributed by atoms with van der Waals surface area (Å²) >= 11 is 0. The van der Waals surface area contributed by atoms with E-state index in [0.717, 1.165) is 0 Å². The number of carbonyl (C=O) groups excluding carboxylic acids is 1. The van der Waals surface area contributed by atoms with Crippen molar-refractivity contribution in [3.63, 3.8) is 0 Å². The number of hydrogen-bond donors (Lipinski definition) is 2. The van der Waals surface area contributed by atoms with Crippen LogP contribution < -0.4 is 15.4 Å². The van der Waals surface area contributed by atoms with Gasteiger partial charge in [-0.1, -0.05) is 0 Å². The third-order valence-corrected chi connectivity index (χ3v) is 2.40. The number of ether oxygens (including phenoxy) is 1. The largest absolute Gasteiger partial charge is 0.481 e. The zero-order chi connectivity index (χ0) is 12.2. The normalized spacial score (nSPS) is 11.0. The van der Waals surface area contributed by atoms with Crippen LogP contribution in [0.3, 0.4) is 0 Å². The van der Waals surface area contributed by atoms with Crippen molar-refractivity contribution in [1.82, 2.24) is 10.3 Å². The molecule has 5 heteroatoms. The minimum absolute atomic E-state index is 0.109. The summed E-state index contributed by atoms with van der Waals surface area (Å²) in [4.78, 5) is 15.8. The standard InChI is InChI=1S/C11H17N3O2/c1-11(2,12-3)10(15)14-8-5-6-9(16-4)13-7-8/h5-7,12H,1-4H3,(H,14,15). The number of nitrogens with one attached hydrogen (secondary N) is 2. The first-order chi connectivity index (χ1) is 7.49. The van der Waals surface area contributed by atoms with Crippen molar-refractivity contribution in [1.29, 1.82) is 0 Å². The maximum absolute atomic E-state index is 11.8. The summed E-state index contributed by atoms with van der Waals surface area (Å²) in [6.45, 7) is 3.61. The lowest BCUT2D eigenvalue weighted by atomic mass is 10.1. The third-order valence-electron chi connectivity index (χ3n) is 2.40. The van der Waals surface area contributed by atoms with Gasteiger partial charge in [0.1, 0.15) is 0 Å². The topological polar surface area (TPSA) is 63.2 Å². The fraction of sp³-hybridized carbons (Fsp3) is 0.455. The molecule has 88 valence electrons. The molecule has 1 aromatic heterocycles. The van der Waals surface area contributed by atoms with E-state index in [9.17, 15) is 4.79 Å². The fourth-order valence-electron chi connectivity index (χ4n) is 0.976. The van der Waals surface area contributed by atoms with Crippen molar-refractivity contribution in [2.75, 3.05) is 19.5 Å². The van der Waals surface area contributed by atoms with Gasteiger partial charge < -0.3 is 15.4 Å². The molecule has 1 heterocycles. The van der Waals surface area contributed by atoms with E-state index in [-0.39, 0.29) is 5.91 Å². The molecule has 5 nitrogen and oxygen atoms in total. The lowest BCUT2D eigenvalue weighted by Crippen LogP contribution is -2.47. The van der Waals surface area contributed by atoms with Gasteiger partial charge in [0.05, 0.1) is 24.5 Å². The quantitative estimate of drug-likeness (QED) is 0.800. The number of likely N-dealkylation sites (N-methyl/N-ethyl adjacent to an activating group) is 1. The van der Waals surface area contributed by atoms with Crippen LogP contribution in [-0.4, -0.2) is 30.6 Å². The molecule has 2 N–H and O–H groups in total. The van der Waals surface area contributed by atoms with Gasteiger partial charge >= 0.3 is 0 Å². The molecule has 1 amide bonds. The second kappa shape index (κ2) is 4.94. The van der Waals surface area contributed by atoms with Gasteiger partial charge in [0.25, 0.3) is 0 Å². The highest BCUT2D eigenvalue weighted by Crippen LogP contribution is 2.13. The number of hydrogen-bond acceptors (Lipinski definition) is 4. The van der Waals surface area contributed by atoms with Gasteiger partial charge in [0.15, 0.2) is 0 Å². The summed E-state index contributed by atoms with van der Waals surface area (Å²) in [5.74, 6) is 0.410. The van der Waals surface area contributed by atoms with Gasteiger partial charge in [-0.3, -0.25) is 4.79 Å². The number of rotatable bonds is 4. The molecule has 0 aliphatic carbocycles. The lowest BCUT2D eigenvalue weighted by Gasteiger charge is -2.22. The highest BCUT2D eigenvalue weighted by molar-refractivity contribution is 5.97. The first-order valence-corrected chi connectivity index (χ1v) is 5.00. The molecular formula is C11H17N3O2. The first kappa shape index (κ1) is 12.4. The summed E-state index contributed by atoms with van der Waals surface area (Å²) in [7, 11) is 3.29. The zero-order valence-electron chi connectivity index (χ0n) is 10.00. The van der Waals surface area contributed by atoms with Crippen LogP contribution in [0.15, 0.2) is 18.3 Å². The van der Waals surface area contributed by atoms with Gasteiger partial charge in [-0.2, -0.15) is 0 Å². The van der Waals surface area contributed by atoms with Gasteiger partial charge in [0.2, 0.25) is 11.8 Å². The zero-order valence-corrected chi connectivity index (χ0v) is 10.00. The molecule has 0 radical (unpaired) electrons. The Hall–Kier alpha value is -1.62. The molecule has 0 fully saturated rings. The summed E-state index contributed by atoms with van der Waals surface area (Å²) in [6.07, 6.45) is 1.56.